The summed E-state index contributed by atoms with van der Waals surface area (Å²) >= 11 is 4.74. The minimum atomic E-state index is -0.835. The highest BCUT2D eigenvalue weighted by Crippen LogP contribution is 2.33. The summed E-state index contributed by atoms with van der Waals surface area (Å²) in [5.41, 5.74) is 0.774. The molecule has 0 saturated heterocycles. The number of carboxylic acid groups (broad SMARTS) is 1. The molecule has 19 heavy (non-hydrogen) atoms. The number of carboxylic acids is 1. The Balaban J connectivity index is 2.10. The van der Waals surface area contributed by atoms with Crippen molar-refractivity contribution in [2.45, 2.75) is 16.2 Å². The fraction of sp³-hybridized carbons (Fsp3) is 0.0714. The molecular formula is C14H11BrO3S. The number of aliphatic carboxylic acids is 1. The number of phenolic OH excluding ortho intramolecular Hbond substituents is 1. The van der Waals surface area contributed by atoms with Crippen molar-refractivity contribution in [1.82, 2.24) is 0 Å². The summed E-state index contributed by atoms with van der Waals surface area (Å²) in [6.07, 6.45) is 0.0318. The maximum atomic E-state index is 10.6. The zero-order valence-electron chi connectivity index (χ0n) is 9.84. The average Bonchev–Trinajstić information content (AvgIpc) is 2.36. The molecule has 0 aliphatic rings. The van der Waals surface area contributed by atoms with Gasteiger partial charge < -0.3 is 10.2 Å². The molecule has 98 valence electrons. The fourth-order valence-electron chi connectivity index (χ4n) is 1.54. The van der Waals surface area contributed by atoms with Crippen molar-refractivity contribution in [1.29, 1.82) is 0 Å². The summed E-state index contributed by atoms with van der Waals surface area (Å²) in [6.45, 7) is 0. The van der Waals surface area contributed by atoms with Crippen LogP contribution in [0.15, 0.2) is 56.7 Å². The van der Waals surface area contributed by atoms with Gasteiger partial charge in [-0.3, -0.25) is 4.79 Å². The Kier molecular flexibility index (Phi) is 4.50. The van der Waals surface area contributed by atoms with E-state index in [1.165, 1.54) is 11.8 Å². The molecule has 0 aromatic heterocycles. The second kappa shape index (κ2) is 6.12. The lowest BCUT2D eigenvalue weighted by atomic mass is 10.2. The van der Waals surface area contributed by atoms with Crippen LogP contribution in [-0.4, -0.2) is 16.2 Å². The maximum Gasteiger partial charge on any atom is 0.307 e. The first-order valence-corrected chi connectivity index (χ1v) is 7.12. The lowest BCUT2D eigenvalue weighted by Gasteiger charge is -2.04. The van der Waals surface area contributed by atoms with Crippen molar-refractivity contribution in [3.63, 3.8) is 0 Å². The molecule has 5 heteroatoms. The number of halogens is 1. The molecule has 0 spiro atoms. The molecule has 0 aliphatic heterocycles. The Labute approximate surface area is 123 Å². The van der Waals surface area contributed by atoms with E-state index in [1.807, 2.05) is 18.2 Å². The molecule has 2 N–H and O–H groups in total. The molecule has 0 unspecified atom stereocenters. The fourth-order valence-corrected chi connectivity index (χ4v) is 2.64. The van der Waals surface area contributed by atoms with Crippen molar-refractivity contribution >= 4 is 33.7 Å². The highest BCUT2D eigenvalue weighted by atomic mass is 79.9. The molecule has 0 saturated carbocycles. The Hall–Kier alpha value is -1.46. The van der Waals surface area contributed by atoms with Gasteiger partial charge in [0.15, 0.2) is 0 Å². The van der Waals surface area contributed by atoms with Crippen LogP contribution in [0.1, 0.15) is 5.56 Å². The number of hydrogen-bond donors (Lipinski definition) is 2. The van der Waals surface area contributed by atoms with Gasteiger partial charge in [0.25, 0.3) is 0 Å². The first-order chi connectivity index (χ1) is 9.04. The lowest BCUT2D eigenvalue weighted by Crippen LogP contribution is -1.99. The standard InChI is InChI=1S/C14H11BrO3S/c15-12-6-5-11(8-13(12)16)19-10-3-1-9(2-4-10)7-14(17)18/h1-6,8,16H,7H2,(H,17,18). The quantitative estimate of drug-likeness (QED) is 0.886. The summed E-state index contributed by atoms with van der Waals surface area (Å²) in [7, 11) is 0. The Morgan fingerprint density at radius 2 is 1.74 bits per heavy atom. The molecule has 0 heterocycles. The number of aromatic hydroxyl groups is 1. The van der Waals surface area contributed by atoms with Crippen molar-refractivity contribution in [3.8, 4) is 5.75 Å². The van der Waals surface area contributed by atoms with Gasteiger partial charge in [-0.15, -0.1) is 0 Å². The number of carbonyl (C=O) groups is 1. The third-order valence-corrected chi connectivity index (χ3v) is 4.10. The molecule has 0 fully saturated rings. The van der Waals surface area contributed by atoms with Gasteiger partial charge in [0.2, 0.25) is 0 Å². The molecule has 0 radical (unpaired) electrons. The van der Waals surface area contributed by atoms with Gasteiger partial charge >= 0.3 is 5.97 Å². The molecule has 0 amide bonds. The summed E-state index contributed by atoms with van der Waals surface area (Å²) in [4.78, 5) is 12.5. The summed E-state index contributed by atoms with van der Waals surface area (Å²) in [5, 5.41) is 18.3. The minimum Gasteiger partial charge on any atom is -0.507 e. The van der Waals surface area contributed by atoms with E-state index in [0.29, 0.717) is 4.47 Å². The third kappa shape index (κ3) is 4.01. The largest absolute Gasteiger partial charge is 0.507 e. The van der Waals surface area contributed by atoms with Gasteiger partial charge in [0.1, 0.15) is 5.75 Å². The van der Waals surface area contributed by atoms with E-state index in [4.69, 9.17) is 5.11 Å². The van der Waals surface area contributed by atoms with E-state index in [2.05, 4.69) is 15.9 Å². The van der Waals surface area contributed by atoms with E-state index in [-0.39, 0.29) is 12.2 Å². The maximum absolute atomic E-state index is 10.6. The SMILES string of the molecule is O=C(O)Cc1ccc(Sc2ccc(Br)c(O)c2)cc1. The summed E-state index contributed by atoms with van der Waals surface area (Å²) < 4.78 is 0.661. The Morgan fingerprint density at radius 1 is 1.11 bits per heavy atom. The minimum absolute atomic E-state index is 0.0318. The zero-order valence-corrected chi connectivity index (χ0v) is 12.2. The van der Waals surface area contributed by atoms with E-state index < -0.39 is 5.97 Å². The van der Waals surface area contributed by atoms with Crippen molar-refractivity contribution in [2.75, 3.05) is 0 Å². The number of hydrogen-bond acceptors (Lipinski definition) is 3. The second-order valence-corrected chi connectivity index (χ2v) is 5.93. The molecular weight excluding hydrogens is 328 g/mol. The normalized spacial score (nSPS) is 10.4. The first kappa shape index (κ1) is 14.0. The van der Waals surface area contributed by atoms with Gasteiger partial charge in [-0.25, -0.2) is 0 Å². The van der Waals surface area contributed by atoms with Gasteiger partial charge in [0.05, 0.1) is 10.9 Å². The topological polar surface area (TPSA) is 57.5 Å². The second-order valence-electron chi connectivity index (χ2n) is 3.93. The Bertz CT molecular complexity index is 596. The van der Waals surface area contributed by atoms with Crippen LogP contribution in [-0.2, 0) is 11.2 Å². The van der Waals surface area contributed by atoms with E-state index >= 15 is 0 Å². The van der Waals surface area contributed by atoms with Crippen LogP contribution in [0, 0.1) is 0 Å². The average molecular weight is 339 g/mol. The van der Waals surface area contributed by atoms with Gasteiger partial charge in [-0.2, -0.15) is 0 Å². The smallest absolute Gasteiger partial charge is 0.307 e. The highest BCUT2D eigenvalue weighted by Gasteiger charge is 2.03. The molecule has 2 aromatic rings. The zero-order chi connectivity index (χ0) is 13.8. The Morgan fingerprint density at radius 3 is 2.32 bits per heavy atom. The van der Waals surface area contributed by atoms with Gasteiger partial charge in [0, 0.05) is 9.79 Å². The number of rotatable bonds is 4. The van der Waals surface area contributed by atoms with E-state index in [1.54, 1.807) is 24.3 Å². The van der Waals surface area contributed by atoms with Gasteiger partial charge in [-0.05, 0) is 51.8 Å². The number of benzene rings is 2. The number of phenols is 1. The highest BCUT2D eigenvalue weighted by molar-refractivity contribution is 9.10. The van der Waals surface area contributed by atoms with Crippen LogP contribution in [0.25, 0.3) is 0 Å². The van der Waals surface area contributed by atoms with Crippen LogP contribution in [0.3, 0.4) is 0 Å². The molecule has 2 rings (SSSR count). The van der Waals surface area contributed by atoms with Crippen LogP contribution in [0.2, 0.25) is 0 Å². The third-order valence-electron chi connectivity index (χ3n) is 2.43. The first-order valence-electron chi connectivity index (χ1n) is 5.52. The van der Waals surface area contributed by atoms with Crippen molar-refractivity contribution < 1.29 is 15.0 Å². The van der Waals surface area contributed by atoms with E-state index in [9.17, 15) is 9.90 Å². The van der Waals surface area contributed by atoms with Crippen LogP contribution in [0.4, 0.5) is 0 Å². The van der Waals surface area contributed by atoms with Crippen LogP contribution < -0.4 is 0 Å². The predicted molar refractivity (Wildman–Crippen MR) is 77.7 cm³/mol. The van der Waals surface area contributed by atoms with Gasteiger partial charge in [-0.1, -0.05) is 23.9 Å². The van der Waals surface area contributed by atoms with E-state index in [0.717, 1.165) is 15.4 Å². The van der Waals surface area contributed by atoms with Crippen molar-refractivity contribution in [2.24, 2.45) is 0 Å². The summed E-state index contributed by atoms with van der Waals surface area (Å²) in [6, 6.07) is 12.7. The molecule has 0 atom stereocenters. The molecule has 2 aromatic carbocycles. The molecule has 0 bridgehead atoms. The monoisotopic (exact) mass is 338 g/mol. The van der Waals surface area contributed by atoms with Crippen LogP contribution in [0.5, 0.6) is 5.75 Å². The lowest BCUT2D eigenvalue weighted by molar-refractivity contribution is -0.136. The van der Waals surface area contributed by atoms with Crippen molar-refractivity contribution in [3.05, 3.63) is 52.5 Å². The molecule has 3 nitrogen and oxygen atoms in total. The predicted octanol–water partition coefficient (Wildman–Crippen LogP) is 3.93. The van der Waals surface area contributed by atoms with Crippen LogP contribution >= 0.6 is 27.7 Å². The summed E-state index contributed by atoms with van der Waals surface area (Å²) in [5.74, 6) is -0.634. The molecule has 0 aliphatic carbocycles.